The summed E-state index contributed by atoms with van der Waals surface area (Å²) < 4.78 is 37.8. The van der Waals surface area contributed by atoms with Gasteiger partial charge in [0.1, 0.15) is 5.56 Å². The van der Waals surface area contributed by atoms with Crippen molar-refractivity contribution < 1.29 is 18.1 Å². The molecule has 0 aromatic carbocycles. The molecule has 0 atom stereocenters. The highest BCUT2D eigenvalue weighted by molar-refractivity contribution is 9.08. The van der Waals surface area contributed by atoms with E-state index in [1.165, 1.54) is 0 Å². The summed E-state index contributed by atoms with van der Waals surface area (Å²) in [6, 6.07) is 0. The molecule has 0 amide bonds. The van der Waals surface area contributed by atoms with E-state index in [1.54, 1.807) is 0 Å². The number of alkyl halides is 3. The highest BCUT2D eigenvalue weighted by Gasteiger charge is 2.29. The molecule has 0 saturated heterocycles. The number of rotatable bonds is 3. The molecule has 1 aromatic heterocycles. The Morgan fingerprint density at radius 1 is 1.60 bits per heavy atom. The lowest BCUT2D eigenvalue weighted by atomic mass is 10.2. The number of pyridine rings is 1. The summed E-state index contributed by atoms with van der Waals surface area (Å²) in [6.07, 6.45) is -2.51. The predicted molar refractivity (Wildman–Crippen MR) is 48.4 cm³/mol. The minimum absolute atomic E-state index is 0.0802. The number of halogens is 4. The molecule has 0 aliphatic heterocycles. The zero-order valence-corrected chi connectivity index (χ0v) is 8.67. The fourth-order valence-electron chi connectivity index (χ4n) is 0.967. The Morgan fingerprint density at radius 3 is 2.60 bits per heavy atom. The van der Waals surface area contributed by atoms with Crippen molar-refractivity contribution in [2.24, 2.45) is 0 Å². The van der Waals surface area contributed by atoms with Crippen LogP contribution >= 0.6 is 15.9 Å². The SMILES string of the molecule is O=[N+]([O-])c1c(C(F)F)cnc(CBr)c1F. The zero-order chi connectivity index (χ0) is 11.6. The molecule has 0 saturated carbocycles. The van der Waals surface area contributed by atoms with Gasteiger partial charge in [-0.1, -0.05) is 15.9 Å². The lowest BCUT2D eigenvalue weighted by Crippen LogP contribution is -2.04. The second kappa shape index (κ2) is 4.56. The summed E-state index contributed by atoms with van der Waals surface area (Å²) in [5.41, 5.74) is -2.50. The van der Waals surface area contributed by atoms with E-state index in [0.717, 1.165) is 0 Å². The molecule has 0 radical (unpaired) electrons. The number of hydrogen-bond acceptors (Lipinski definition) is 3. The number of hydrogen-bond donors (Lipinski definition) is 0. The van der Waals surface area contributed by atoms with Gasteiger partial charge in [0.25, 0.3) is 6.43 Å². The minimum Gasteiger partial charge on any atom is -0.258 e. The van der Waals surface area contributed by atoms with Crippen molar-refractivity contribution in [1.82, 2.24) is 4.98 Å². The Morgan fingerprint density at radius 2 is 2.20 bits per heavy atom. The Bertz CT molecular complexity index is 400. The summed E-state index contributed by atoms with van der Waals surface area (Å²) in [4.78, 5) is 12.6. The van der Waals surface area contributed by atoms with Gasteiger partial charge >= 0.3 is 5.69 Å². The maximum absolute atomic E-state index is 13.3. The van der Waals surface area contributed by atoms with Crippen LogP contribution < -0.4 is 0 Å². The summed E-state index contributed by atoms with van der Waals surface area (Å²) in [5.74, 6) is -1.32. The van der Waals surface area contributed by atoms with E-state index in [1.807, 2.05) is 0 Å². The van der Waals surface area contributed by atoms with E-state index in [0.29, 0.717) is 6.20 Å². The van der Waals surface area contributed by atoms with Crippen molar-refractivity contribution in [1.29, 1.82) is 0 Å². The third kappa shape index (κ3) is 2.25. The van der Waals surface area contributed by atoms with Crippen LogP contribution in [0.2, 0.25) is 0 Å². The van der Waals surface area contributed by atoms with E-state index in [4.69, 9.17) is 0 Å². The summed E-state index contributed by atoms with van der Waals surface area (Å²) in [5, 5.41) is 10.3. The van der Waals surface area contributed by atoms with Gasteiger partial charge in [-0.15, -0.1) is 0 Å². The molecular weight excluding hydrogens is 281 g/mol. The molecule has 0 bridgehead atoms. The lowest BCUT2D eigenvalue weighted by molar-refractivity contribution is -0.389. The van der Waals surface area contributed by atoms with Gasteiger partial charge < -0.3 is 0 Å². The van der Waals surface area contributed by atoms with E-state index in [-0.39, 0.29) is 11.0 Å². The Hall–Kier alpha value is -1.18. The van der Waals surface area contributed by atoms with Crippen molar-refractivity contribution in [2.45, 2.75) is 11.8 Å². The van der Waals surface area contributed by atoms with E-state index in [2.05, 4.69) is 20.9 Å². The molecule has 0 fully saturated rings. The fourth-order valence-corrected chi connectivity index (χ4v) is 1.36. The van der Waals surface area contributed by atoms with Crippen LogP contribution in [-0.2, 0) is 5.33 Å². The average molecular weight is 285 g/mol. The maximum atomic E-state index is 13.3. The standard InChI is InChI=1S/C7H4BrF3N2O2/c8-1-4-5(9)6(13(14)15)3(2-12-4)7(10)11/h2,7H,1H2. The number of nitro groups is 1. The first kappa shape index (κ1) is 11.9. The average Bonchev–Trinajstić information content (AvgIpc) is 2.16. The quantitative estimate of drug-likeness (QED) is 0.487. The maximum Gasteiger partial charge on any atom is 0.317 e. The molecule has 1 aromatic rings. The van der Waals surface area contributed by atoms with Gasteiger partial charge in [-0.25, -0.2) is 8.78 Å². The normalized spacial score (nSPS) is 10.7. The molecule has 15 heavy (non-hydrogen) atoms. The van der Waals surface area contributed by atoms with E-state index < -0.39 is 28.4 Å². The number of aromatic nitrogens is 1. The fraction of sp³-hybridized carbons (Fsp3) is 0.286. The summed E-state index contributed by atoms with van der Waals surface area (Å²) in [7, 11) is 0. The molecule has 0 aliphatic carbocycles. The first-order valence-electron chi connectivity index (χ1n) is 3.64. The molecule has 0 N–H and O–H groups in total. The first-order valence-corrected chi connectivity index (χ1v) is 4.77. The van der Waals surface area contributed by atoms with Gasteiger partial charge in [0.15, 0.2) is 0 Å². The molecule has 1 heterocycles. The Kier molecular flexibility index (Phi) is 3.61. The zero-order valence-electron chi connectivity index (χ0n) is 7.08. The van der Waals surface area contributed by atoms with Crippen molar-refractivity contribution >= 4 is 21.6 Å². The second-order valence-corrected chi connectivity index (χ2v) is 3.07. The first-order chi connectivity index (χ1) is 6.99. The molecular formula is C7H4BrF3N2O2. The van der Waals surface area contributed by atoms with Crippen LogP contribution in [-0.4, -0.2) is 9.91 Å². The monoisotopic (exact) mass is 284 g/mol. The predicted octanol–water partition coefficient (Wildman–Crippen LogP) is 2.96. The summed E-state index contributed by atoms with van der Waals surface area (Å²) >= 11 is 2.84. The lowest BCUT2D eigenvalue weighted by Gasteiger charge is -2.04. The largest absolute Gasteiger partial charge is 0.317 e. The highest BCUT2D eigenvalue weighted by Crippen LogP contribution is 2.31. The molecule has 82 valence electrons. The molecule has 0 unspecified atom stereocenters. The third-order valence-corrected chi connectivity index (χ3v) is 2.17. The topological polar surface area (TPSA) is 56.0 Å². The van der Waals surface area contributed by atoms with Crippen molar-refractivity contribution in [3.05, 3.63) is 33.4 Å². The van der Waals surface area contributed by atoms with Crippen LogP contribution in [0, 0.1) is 15.9 Å². The van der Waals surface area contributed by atoms with Crippen molar-refractivity contribution in [3.8, 4) is 0 Å². The Labute approximate surface area is 90.4 Å². The molecule has 0 aliphatic rings. The Balaban J connectivity index is 3.44. The highest BCUT2D eigenvalue weighted by atomic mass is 79.9. The van der Waals surface area contributed by atoms with Crippen LogP contribution in [0.4, 0.5) is 18.9 Å². The van der Waals surface area contributed by atoms with Gasteiger partial charge in [-0.05, 0) is 0 Å². The number of nitrogens with zero attached hydrogens (tertiary/aromatic N) is 2. The van der Waals surface area contributed by atoms with Crippen LogP contribution in [0.15, 0.2) is 6.20 Å². The summed E-state index contributed by atoms with van der Waals surface area (Å²) in [6.45, 7) is 0. The van der Waals surface area contributed by atoms with Crippen molar-refractivity contribution in [2.75, 3.05) is 0 Å². The van der Waals surface area contributed by atoms with Crippen LogP contribution in [0.5, 0.6) is 0 Å². The van der Waals surface area contributed by atoms with Crippen LogP contribution in [0.25, 0.3) is 0 Å². The molecule has 8 heteroatoms. The van der Waals surface area contributed by atoms with Gasteiger partial charge in [-0.2, -0.15) is 4.39 Å². The van der Waals surface area contributed by atoms with E-state index >= 15 is 0 Å². The van der Waals surface area contributed by atoms with Gasteiger partial charge in [0, 0.05) is 11.5 Å². The van der Waals surface area contributed by atoms with Crippen LogP contribution in [0.1, 0.15) is 17.7 Å². The third-order valence-electron chi connectivity index (χ3n) is 1.64. The molecule has 4 nitrogen and oxygen atoms in total. The van der Waals surface area contributed by atoms with Crippen LogP contribution in [0.3, 0.4) is 0 Å². The van der Waals surface area contributed by atoms with Crippen molar-refractivity contribution in [3.63, 3.8) is 0 Å². The second-order valence-electron chi connectivity index (χ2n) is 2.51. The van der Waals surface area contributed by atoms with E-state index in [9.17, 15) is 23.3 Å². The molecule has 0 spiro atoms. The smallest absolute Gasteiger partial charge is 0.258 e. The molecule has 1 rings (SSSR count). The van der Waals surface area contributed by atoms with Gasteiger partial charge in [0.05, 0.1) is 10.6 Å². The van der Waals surface area contributed by atoms with Gasteiger partial charge in [-0.3, -0.25) is 15.1 Å². The van der Waals surface area contributed by atoms with Gasteiger partial charge in [0.2, 0.25) is 5.82 Å². The minimum atomic E-state index is -3.13.